The summed E-state index contributed by atoms with van der Waals surface area (Å²) in [7, 11) is -2.01. The topological polar surface area (TPSA) is 75.7 Å². The molecule has 0 aliphatic carbocycles. The van der Waals surface area contributed by atoms with E-state index in [2.05, 4.69) is 5.32 Å². The van der Waals surface area contributed by atoms with Crippen LogP contribution in [0.1, 0.15) is 26.3 Å². The molecule has 6 nitrogen and oxygen atoms in total. The number of amides is 1. The van der Waals surface area contributed by atoms with Gasteiger partial charge in [0.05, 0.1) is 4.90 Å². The van der Waals surface area contributed by atoms with Crippen LogP contribution in [0.5, 0.6) is 5.75 Å². The minimum absolute atomic E-state index is 0.144. The van der Waals surface area contributed by atoms with Crippen molar-refractivity contribution in [2.45, 2.75) is 44.7 Å². The van der Waals surface area contributed by atoms with Crippen LogP contribution in [-0.2, 0) is 14.8 Å². The third kappa shape index (κ3) is 5.30. The summed E-state index contributed by atoms with van der Waals surface area (Å²) < 4.78 is 31.9. The Labute approximate surface area is 161 Å². The lowest BCUT2D eigenvalue weighted by molar-refractivity contribution is -0.122. The highest BCUT2D eigenvalue weighted by Crippen LogP contribution is 2.20. The van der Waals surface area contributed by atoms with Crippen molar-refractivity contribution in [1.82, 2.24) is 4.31 Å². The molecule has 2 aromatic carbocycles. The third-order valence-electron chi connectivity index (χ3n) is 4.20. The summed E-state index contributed by atoms with van der Waals surface area (Å²) >= 11 is 0. The summed E-state index contributed by atoms with van der Waals surface area (Å²) in [5.41, 5.74) is 1.55. The fourth-order valence-corrected chi connectivity index (χ4v) is 3.71. The maximum absolute atomic E-state index is 12.5. The predicted molar refractivity (Wildman–Crippen MR) is 106 cm³/mol. The van der Waals surface area contributed by atoms with Gasteiger partial charge in [-0.3, -0.25) is 4.79 Å². The number of hydrogen-bond donors (Lipinski definition) is 1. The normalized spacial score (nSPS) is 12.9. The van der Waals surface area contributed by atoms with E-state index in [0.29, 0.717) is 11.4 Å². The van der Waals surface area contributed by atoms with Gasteiger partial charge in [0.1, 0.15) is 5.75 Å². The molecule has 0 saturated heterocycles. The molecule has 0 spiro atoms. The van der Waals surface area contributed by atoms with Crippen LogP contribution in [0.2, 0.25) is 0 Å². The van der Waals surface area contributed by atoms with Crippen molar-refractivity contribution in [3.63, 3.8) is 0 Å². The second kappa shape index (κ2) is 8.54. The number of carbonyl (C=O) groups is 1. The first-order valence-electron chi connectivity index (χ1n) is 8.73. The Balaban J connectivity index is 2.04. The minimum atomic E-state index is -3.55. The molecule has 0 aliphatic heterocycles. The molecule has 27 heavy (non-hydrogen) atoms. The molecule has 0 saturated carbocycles. The van der Waals surface area contributed by atoms with Crippen LogP contribution in [-0.4, -0.2) is 37.8 Å². The van der Waals surface area contributed by atoms with Gasteiger partial charge in [-0.2, -0.15) is 4.31 Å². The van der Waals surface area contributed by atoms with Gasteiger partial charge in [0.2, 0.25) is 10.0 Å². The number of sulfonamides is 1. The Morgan fingerprint density at radius 1 is 1.07 bits per heavy atom. The van der Waals surface area contributed by atoms with Gasteiger partial charge in [-0.25, -0.2) is 8.42 Å². The monoisotopic (exact) mass is 390 g/mol. The number of benzene rings is 2. The van der Waals surface area contributed by atoms with Gasteiger partial charge in [0, 0.05) is 18.8 Å². The van der Waals surface area contributed by atoms with Crippen molar-refractivity contribution in [1.29, 1.82) is 0 Å². The number of anilines is 1. The first-order chi connectivity index (χ1) is 12.6. The van der Waals surface area contributed by atoms with Crippen molar-refractivity contribution >= 4 is 21.6 Å². The molecule has 0 aliphatic rings. The summed E-state index contributed by atoms with van der Waals surface area (Å²) in [5, 5.41) is 2.73. The van der Waals surface area contributed by atoms with Crippen molar-refractivity contribution in [3.05, 3.63) is 54.1 Å². The van der Waals surface area contributed by atoms with E-state index in [1.54, 1.807) is 32.2 Å². The van der Waals surface area contributed by atoms with Gasteiger partial charge < -0.3 is 10.1 Å². The second-order valence-corrected chi connectivity index (χ2v) is 8.70. The van der Waals surface area contributed by atoms with Crippen molar-refractivity contribution in [2.24, 2.45) is 0 Å². The molecule has 1 N–H and O–H groups in total. The average Bonchev–Trinajstić information content (AvgIpc) is 2.61. The standard InChI is InChI=1S/C20H26N2O4S/c1-14(2)22(5)27(24,25)19-11-9-17(10-12-19)21-20(23)16(4)26-18-8-6-7-15(3)13-18/h6-14,16H,1-5H3,(H,21,23). The average molecular weight is 391 g/mol. The lowest BCUT2D eigenvalue weighted by atomic mass is 10.2. The minimum Gasteiger partial charge on any atom is -0.481 e. The number of carbonyl (C=O) groups excluding carboxylic acids is 1. The molecule has 0 aromatic heterocycles. The van der Waals surface area contributed by atoms with E-state index in [-0.39, 0.29) is 16.8 Å². The molecule has 0 heterocycles. The van der Waals surface area contributed by atoms with Gasteiger partial charge in [-0.1, -0.05) is 12.1 Å². The van der Waals surface area contributed by atoms with Crippen LogP contribution < -0.4 is 10.1 Å². The highest BCUT2D eigenvalue weighted by molar-refractivity contribution is 7.89. The molecule has 1 atom stereocenters. The number of ether oxygens (including phenoxy) is 1. The second-order valence-electron chi connectivity index (χ2n) is 6.71. The van der Waals surface area contributed by atoms with Gasteiger partial charge in [-0.15, -0.1) is 0 Å². The van der Waals surface area contributed by atoms with E-state index in [9.17, 15) is 13.2 Å². The highest BCUT2D eigenvalue weighted by Gasteiger charge is 2.23. The number of hydrogen-bond acceptors (Lipinski definition) is 4. The Kier molecular flexibility index (Phi) is 6.62. The molecular weight excluding hydrogens is 364 g/mol. The first-order valence-corrected chi connectivity index (χ1v) is 10.2. The zero-order chi connectivity index (χ0) is 20.2. The first kappa shape index (κ1) is 20.9. The Bertz CT molecular complexity index is 892. The van der Waals surface area contributed by atoms with E-state index in [0.717, 1.165) is 5.56 Å². The van der Waals surface area contributed by atoms with E-state index in [1.165, 1.54) is 16.4 Å². The molecule has 1 unspecified atom stereocenters. The zero-order valence-corrected chi connectivity index (χ0v) is 17.1. The summed E-state index contributed by atoms with van der Waals surface area (Å²) in [4.78, 5) is 12.5. The quantitative estimate of drug-likeness (QED) is 0.786. The summed E-state index contributed by atoms with van der Waals surface area (Å²) in [6, 6.07) is 13.4. The van der Waals surface area contributed by atoms with Crippen LogP contribution in [0.4, 0.5) is 5.69 Å². The largest absolute Gasteiger partial charge is 0.481 e. The summed E-state index contributed by atoms with van der Waals surface area (Å²) in [5.74, 6) is 0.308. The van der Waals surface area contributed by atoms with E-state index in [4.69, 9.17) is 4.74 Å². The van der Waals surface area contributed by atoms with Gasteiger partial charge >= 0.3 is 0 Å². The van der Waals surface area contributed by atoms with Gasteiger partial charge in [0.15, 0.2) is 6.10 Å². The van der Waals surface area contributed by atoms with Gasteiger partial charge in [-0.05, 0) is 69.7 Å². The lowest BCUT2D eigenvalue weighted by Crippen LogP contribution is -2.33. The Morgan fingerprint density at radius 2 is 1.70 bits per heavy atom. The number of rotatable bonds is 7. The SMILES string of the molecule is Cc1cccc(OC(C)C(=O)Nc2ccc(S(=O)(=O)N(C)C(C)C)cc2)c1. The molecular formula is C20H26N2O4S. The van der Waals surface area contributed by atoms with Crippen LogP contribution in [0, 0.1) is 6.92 Å². The molecule has 0 radical (unpaired) electrons. The molecule has 0 bridgehead atoms. The van der Waals surface area contributed by atoms with Crippen LogP contribution in [0.15, 0.2) is 53.4 Å². The zero-order valence-electron chi connectivity index (χ0n) is 16.3. The molecule has 146 valence electrons. The molecule has 0 fully saturated rings. The summed E-state index contributed by atoms with van der Waals surface area (Å²) in [6.45, 7) is 7.22. The van der Waals surface area contributed by atoms with E-state index in [1.807, 2.05) is 39.0 Å². The van der Waals surface area contributed by atoms with Crippen LogP contribution >= 0.6 is 0 Å². The fourth-order valence-electron chi connectivity index (χ4n) is 2.34. The maximum Gasteiger partial charge on any atom is 0.265 e. The Hall–Kier alpha value is -2.38. The number of nitrogens with zero attached hydrogens (tertiary/aromatic N) is 1. The lowest BCUT2D eigenvalue weighted by Gasteiger charge is -2.21. The van der Waals surface area contributed by atoms with Crippen molar-refractivity contribution in [2.75, 3.05) is 12.4 Å². The number of nitrogens with one attached hydrogen (secondary N) is 1. The summed E-state index contributed by atoms with van der Waals surface area (Å²) in [6.07, 6.45) is -0.692. The Morgan fingerprint density at radius 3 is 2.26 bits per heavy atom. The van der Waals surface area contributed by atoms with Crippen molar-refractivity contribution in [3.8, 4) is 5.75 Å². The number of aryl methyl sites for hydroxylation is 1. The van der Waals surface area contributed by atoms with Gasteiger partial charge in [0.25, 0.3) is 5.91 Å². The fraction of sp³-hybridized carbons (Fsp3) is 0.350. The maximum atomic E-state index is 12.5. The van der Waals surface area contributed by atoms with Crippen molar-refractivity contribution < 1.29 is 17.9 Å². The third-order valence-corrected chi connectivity index (χ3v) is 6.25. The smallest absolute Gasteiger partial charge is 0.265 e. The molecule has 1 amide bonds. The van der Waals surface area contributed by atoms with E-state index >= 15 is 0 Å². The molecule has 2 aromatic rings. The molecule has 2 rings (SSSR count). The van der Waals surface area contributed by atoms with E-state index < -0.39 is 16.1 Å². The predicted octanol–water partition coefficient (Wildman–Crippen LogP) is 3.43. The highest BCUT2D eigenvalue weighted by atomic mass is 32.2. The van der Waals surface area contributed by atoms with Crippen LogP contribution in [0.25, 0.3) is 0 Å². The molecule has 7 heteroatoms. The van der Waals surface area contributed by atoms with Crippen LogP contribution in [0.3, 0.4) is 0 Å².